The van der Waals surface area contributed by atoms with Gasteiger partial charge in [0.05, 0.1) is 6.10 Å². The fourth-order valence-corrected chi connectivity index (χ4v) is 3.43. The van der Waals surface area contributed by atoms with Crippen LogP contribution in [-0.2, 0) is 14.6 Å². The van der Waals surface area contributed by atoms with Gasteiger partial charge >= 0.3 is 10.4 Å². The highest BCUT2D eigenvalue weighted by atomic mass is 32.3. The average Bonchev–Trinajstić information content (AvgIpc) is 2.48. The Morgan fingerprint density at radius 1 is 0.696 bits per heavy atom. The Hall–Kier alpha value is -0.130. The van der Waals surface area contributed by atoms with Gasteiger partial charge in [-0.3, -0.25) is 4.55 Å². The molecule has 1 atom stereocenters. The van der Waals surface area contributed by atoms with Gasteiger partial charge in [-0.05, 0) is 12.8 Å². The molecule has 0 bridgehead atoms. The molecule has 0 saturated carbocycles. The first-order chi connectivity index (χ1) is 11.0. The molecule has 1 N–H and O–H groups in total. The van der Waals surface area contributed by atoms with Crippen LogP contribution >= 0.6 is 0 Å². The molecule has 0 amide bonds. The predicted octanol–water partition coefficient (Wildman–Crippen LogP) is 6.07. The molecule has 0 spiro atoms. The van der Waals surface area contributed by atoms with Crippen molar-refractivity contribution in [3.05, 3.63) is 0 Å². The van der Waals surface area contributed by atoms with Crippen molar-refractivity contribution in [2.24, 2.45) is 0 Å². The van der Waals surface area contributed by atoms with Gasteiger partial charge in [0.25, 0.3) is 0 Å². The van der Waals surface area contributed by atoms with E-state index in [9.17, 15) is 8.42 Å². The van der Waals surface area contributed by atoms with Gasteiger partial charge < -0.3 is 0 Å². The molecular weight excluding hydrogens is 312 g/mol. The van der Waals surface area contributed by atoms with E-state index in [1.165, 1.54) is 44.9 Å². The topological polar surface area (TPSA) is 63.6 Å². The minimum absolute atomic E-state index is 0.355. The molecule has 5 heteroatoms. The maximum Gasteiger partial charge on any atom is 0.397 e. The Bertz CT molecular complexity index is 341. The van der Waals surface area contributed by atoms with Gasteiger partial charge in [0.2, 0.25) is 0 Å². The normalized spacial score (nSPS) is 13.3. The van der Waals surface area contributed by atoms with E-state index in [1.807, 2.05) is 0 Å². The summed E-state index contributed by atoms with van der Waals surface area (Å²) in [7, 11) is -4.33. The minimum Gasteiger partial charge on any atom is -0.264 e. The van der Waals surface area contributed by atoms with Crippen molar-refractivity contribution in [1.29, 1.82) is 0 Å². The summed E-state index contributed by atoms with van der Waals surface area (Å²) in [5.41, 5.74) is 0. The molecule has 0 aliphatic heterocycles. The molecule has 0 heterocycles. The zero-order valence-corrected chi connectivity index (χ0v) is 16.1. The first kappa shape index (κ1) is 22.9. The molecule has 4 nitrogen and oxygen atoms in total. The molecule has 0 radical (unpaired) electrons. The molecule has 0 saturated heterocycles. The van der Waals surface area contributed by atoms with Crippen LogP contribution in [0.2, 0.25) is 0 Å². The van der Waals surface area contributed by atoms with Crippen LogP contribution in [0.25, 0.3) is 0 Å². The maximum atomic E-state index is 10.9. The summed E-state index contributed by atoms with van der Waals surface area (Å²) in [6.07, 6.45) is 16.6. The van der Waals surface area contributed by atoms with Gasteiger partial charge in [-0.2, -0.15) is 8.42 Å². The summed E-state index contributed by atoms with van der Waals surface area (Å²) in [4.78, 5) is 0. The molecule has 1 unspecified atom stereocenters. The van der Waals surface area contributed by atoms with Crippen LogP contribution in [0.3, 0.4) is 0 Å². The van der Waals surface area contributed by atoms with E-state index in [2.05, 4.69) is 13.8 Å². The summed E-state index contributed by atoms with van der Waals surface area (Å²) in [5, 5.41) is 0. The van der Waals surface area contributed by atoms with E-state index in [-0.39, 0.29) is 6.10 Å². The molecular formula is C18H38O4S. The van der Waals surface area contributed by atoms with E-state index in [4.69, 9.17) is 8.74 Å². The molecule has 23 heavy (non-hydrogen) atoms. The van der Waals surface area contributed by atoms with E-state index in [1.54, 1.807) is 0 Å². The third kappa shape index (κ3) is 18.1. The summed E-state index contributed by atoms with van der Waals surface area (Å²) in [5.74, 6) is 0. The SMILES string of the molecule is CCCCCCCCCCCC(CCCCCC)OS(=O)(=O)O. The van der Waals surface area contributed by atoms with Crippen LogP contribution in [-0.4, -0.2) is 19.1 Å². The van der Waals surface area contributed by atoms with Crippen molar-refractivity contribution < 1.29 is 17.2 Å². The maximum absolute atomic E-state index is 10.9. The number of hydrogen-bond donors (Lipinski definition) is 1. The first-order valence-electron chi connectivity index (χ1n) is 9.65. The molecule has 140 valence electrons. The average molecular weight is 351 g/mol. The Labute approximate surface area is 144 Å². The Balaban J connectivity index is 3.73. The summed E-state index contributed by atoms with van der Waals surface area (Å²) < 4.78 is 35.6. The largest absolute Gasteiger partial charge is 0.397 e. The zero-order valence-electron chi connectivity index (χ0n) is 15.3. The van der Waals surface area contributed by atoms with Gasteiger partial charge in [-0.1, -0.05) is 97.3 Å². The lowest BCUT2D eigenvalue weighted by Gasteiger charge is -2.15. The Kier molecular flexibility index (Phi) is 15.3. The van der Waals surface area contributed by atoms with Crippen LogP contribution < -0.4 is 0 Å². The molecule has 0 rings (SSSR count). The Morgan fingerprint density at radius 3 is 1.43 bits per heavy atom. The lowest BCUT2D eigenvalue weighted by atomic mass is 10.0. The number of hydrogen-bond acceptors (Lipinski definition) is 3. The summed E-state index contributed by atoms with van der Waals surface area (Å²) in [6.45, 7) is 4.38. The smallest absolute Gasteiger partial charge is 0.264 e. The van der Waals surface area contributed by atoms with Crippen LogP contribution in [0.4, 0.5) is 0 Å². The van der Waals surface area contributed by atoms with E-state index >= 15 is 0 Å². The van der Waals surface area contributed by atoms with E-state index in [0.29, 0.717) is 0 Å². The fourth-order valence-electron chi connectivity index (χ4n) is 2.89. The lowest BCUT2D eigenvalue weighted by Crippen LogP contribution is -2.18. The monoisotopic (exact) mass is 350 g/mol. The van der Waals surface area contributed by atoms with E-state index < -0.39 is 10.4 Å². The lowest BCUT2D eigenvalue weighted by molar-refractivity contribution is 0.157. The second kappa shape index (κ2) is 15.4. The zero-order chi connectivity index (χ0) is 17.4. The molecule has 0 aliphatic carbocycles. The van der Waals surface area contributed by atoms with Gasteiger partial charge in [-0.25, -0.2) is 4.18 Å². The van der Waals surface area contributed by atoms with E-state index in [0.717, 1.165) is 51.4 Å². The second-order valence-corrected chi connectivity index (χ2v) is 7.66. The second-order valence-electron chi connectivity index (χ2n) is 6.61. The minimum atomic E-state index is -4.33. The predicted molar refractivity (Wildman–Crippen MR) is 97.0 cm³/mol. The summed E-state index contributed by atoms with van der Waals surface area (Å²) in [6, 6.07) is 0. The van der Waals surface area contributed by atoms with Crippen molar-refractivity contribution in [3.63, 3.8) is 0 Å². The van der Waals surface area contributed by atoms with Crippen molar-refractivity contribution in [2.45, 2.75) is 116 Å². The standard InChI is InChI=1S/C18H38O4S/c1-3-5-7-9-10-11-12-13-15-17-18(22-23(19,20)21)16-14-8-6-4-2/h18H,3-17H2,1-2H3,(H,19,20,21). The highest BCUT2D eigenvalue weighted by molar-refractivity contribution is 7.80. The van der Waals surface area contributed by atoms with Crippen LogP contribution in [0, 0.1) is 0 Å². The highest BCUT2D eigenvalue weighted by Crippen LogP contribution is 2.17. The molecule has 0 aromatic carbocycles. The molecule has 0 aliphatic rings. The quantitative estimate of drug-likeness (QED) is 0.255. The van der Waals surface area contributed by atoms with Crippen molar-refractivity contribution in [2.75, 3.05) is 0 Å². The van der Waals surface area contributed by atoms with Gasteiger partial charge in [0.15, 0.2) is 0 Å². The third-order valence-corrected chi connectivity index (χ3v) is 4.78. The van der Waals surface area contributed by atoms with Crippen LogP contribution in [0.1, 0.15) is 110 Å². The van der Waals surface area contributed by atoms with Gasteiger partial charge in [-0.15, -0.1) is 0 Å². The Morgan fingerprint density at radius 2 is 1.04 bits per heavy atom. The highest BCUT2D eigenvalue weighted by Gasteiger charge is 2.16. The summed E-state index contributed by atoms with van der Waals surface area (Å²) >= 11 is 0. The first-order valence-corrected chi connectivity index (χ1v) is 11.0. The van der Waals surface area contributed by atoms with Crippen molar-refractivity contribution in [1.82, 2.24) is 0 Å². The molecule has 0 fully saturated rings. The number of rotatable bonds is 17. The fraction of sp³-hybridized carbons (Fsp3) is 1.00. The van der Waals surface area contributed by atoms with Gasteiger partial charge in [0, 0.05) is 0 Å². The van der Waals surface area contributed by atoms with Gasteiger partial charge in [0.1, 0.15) is 0 Å². The third-order valence-electron chi connectivity index (χ3n) is 4.27. The van der Waals surface area contributed by atoms with Crippen molar-refractivity contribution in [3.8, 4) is 0 Å². The van der Waals surface area contributed by atoms with Crippen LogP contribution in [0.15, 0.2) is 0 Å². The van der Waals surface area contributed by atoms with Crippen molar-refractivity contribution >= 4 is 10.4 Å². The molecule has 0 aromatic heterocycles. The van der Waals surface area contributed by atoms with Crippen LogP contribution in [0.5, 0.6) is 0 Å². The molecule has 0 aromatic rings. The number of unbranched alkanes of at least 4 members (excludes halogenated alkanes) is 11.